The van der Waals surface area contributed by atoms with Gasteiger partial charge in [-0.3, -0.25) is 0 Å². The summed E-state index contributed by atoms with van der Waals surface area (Å²) in [5, 5.41) is 9.65. The molecule has 8 nitrogen and oxygen atoms in total. The fourth-order valence-electron chi connectivity index (χ4n) is 3.05. The van der Waals surface area contributed by atoms with Gasteiger partial charge in [-0.15, -0.1) is 0 Å². The molecule has 0 aliphatic heterocycles. The summed E-state index contributed by atoms with van der Waals surface area (Å²) in [6.07, 6.45) is 4.01. The third-order valence-corrected chi connectivity index (χ3v) is 4.70. The van der Waals surface area contributed by atoms with E-state index in [4.69, 9.17) is 13.7 Å². The molecule has 0 bridgehead atoms. The number of nitrogens with zero attached hydrogens (tertiary/aromatic N) is 2. The Hall–Kier alpha value is -4.07. The minimum atomic E-state index is -0.348. The molecule has 0 atom stereocenters. The number of para-hydroxylation sites is 1. The van der Waals surface area contributed by atoms with Gasteiger partial charge in [0.1, 0.15) is 5.75 Å². The zero-order chi connectivity index (χ0) is 22.2. The van der Waals surface area contributed by atoms with E-state index in [2.05, 4.69) is 27.7 Å². The maximum atomic E-state index is 12.5. The van der Waals surface area contributed by atoms with Crippen LogP contribution < -0.4 is 15.4 Å². The van der Waals surface area contributed by atoms with Gasteiger partial charge >= 0.3 is 6.03 Å². The second-order valence-electron chi connectivity index (χ2n) is 7.13. The maximum absolute atomic E-state index is 12.5. The van der Waals surface area contributed by atoms with E-state index in [1.165, 1.54) is 0 Å². The molecule has 2 heterocycles. The zero-order valence-corrected chi connectivity index (χ0v) is 17.7. The van der Waals surface area contributed by atoms with E-state index in [1.807, 2.05) is 36.4 Å². The lowest BCUT2D eigenvalue weighted by molar-refractivity contribution is 0.262. The van der Waals surface area contributed by atoms with E-state index in [1.54, 1.807) is 30.5 Å². The number of ether oxygens (including phenoxy) is 1. The van der Waals surface area contributed by atoms with Crippen molar-refractivity contribution in [3.8, 4) is 17.3 Å². The molecule has 0 radical (unpaired) electrons. The minimum Gasteiger partial charge on any atom is -0.494 e. The molecular weight excluding hydrogens is 408 g/mol. The standard InChI is InChI=1S/C24H24N4O4/c1-2-3-14-30-19-12-10-18(11-13-19)25-24(29)26-20-8-5-4-7-17(20)16-22-27-23(28-32-22)21-9-6-15-31-21/h4-13,15H,2-3,14,16H2,1H3,(H2,25,26,29). The molecule has 2 aromatic heterocycles. The van der Waals surface area contributed by atoms with E-state index in [9.17, 15) is 4.79 Å². The molecular formula is C24H24N4O4. The summed E-state index contributed by atoms with van der Waals surface area (Å²) in [6.45, 7) is 2.80. The quantitative estimate of drug-likeness (QED) is 0.327. The second-order valence-corrected chi connectivity index (χ2v) is 7.13. The average Bonchev–Trinajstić information content (AvgIpc) is 3.49. The molecule has 164 valence electrons. The lowest BCUT2D eigenvalue weighted by Crippen LogP contribution is -2.20. The molecule has 0 saturated heterocycles. The van der Waals surface area contributed by atoms with Crippen molar-refractivity contribution in [1.82, 2.24) is 10.1 Å². The van der Waals surface area contributed by atoms with Crippen molar-refractivity contribution in [2.24, 2.45) is 0 Å². The Morgan fingerprint density at radius 1 is 1.03 bits per heavy atom. The van der Waals surface area contributed by atoms with E-state index in [0.717, 1.165) is 24.2 Å². The van der Waals surface area contributed by atoms with Gasteiger partial charge in [0.15, 0.2) is 5.76 Å². The van der Waals surface area contributed by atoms with Crippen LogP contribution in [0.5, 0.6) is 5.75 Å². The van der Waals surface area contributed by atoms with Gasteiger partial charge in [0.05, 0.1) is 19.3 Å². The molecule has 2 aromatic carbocycles. The Kier molecular flexibility index (Phi) is 6.81. The largest absolute Gasteiger partial charge is 0.494 e. The van der Waals surface area contributed by atoms with E-state index in [-0.39, 0.29) is 6.03 Å². The molecule has 0 aliphatic rings. The number of anilines is 2. The SMILES string of the molecule is CCCCOc1ccc(NC(=O)Nc2ccccc2Cc2nc(-c3ccco3)no2)cc1. The Balaban J connectivity index is 1.37. The average molecular weight is 432 g/mol. The number of aromatic nitrogens is 2. The number of rotatable bonds is 9. The maximum Gasteiger partial charge on any atom is 0.323 e. The number of hydrogen-bond donors (Lipinski definition) is 2. The highest BCUT2D eigenvalue weighted by atomic mass is 16.5. The predicted octanol–water partition coefficient (Wildman–Crippen LogP) is 5.74. The Morgan fingerprint density at radius 2 is 1.88 bits per heavy atom. The van der Waals surface area contributed by atoms with Crippen LogP contribution in [0.2, 0.25) is 0 Å². The van der Waals surface area contributed by atoms with Gasteiger partial charge < -0.3 is 24.3 Å². The molecule has 0 aliphatic carbocycles. The van der Waals surface area contributed by atoms with Crippen molar-refractivity contribution in [2.45, 2.75) is 26.2 Å². The third kappa shape index (κ3) is 5.54. The summed E-state index contributed by atoms with van der Waals surface area (Å²) in [5.74, 6) is 2.12. The topological polar surface area (TPSA) is 102 Å². The van der Waals surface area contributed by atoms with Crippen LogP contribution in [0.4, 0.5) is 16.2 Å². The first-order valence-corrected chi connectivity index (χ1v) is 10.5. The summed E-state index contributed by atoms with van der Waals surface area (Å²) >= 11 is 0. The van der Waals surface area contributed by atoms with E-state index in [0.29, 0.717) is 41.9 Å². The van der Waals surface area contributed by atoms with Crippen LogP contribution in [0.25, 0.3) is 11.6 Å². The van der Waals surface area contributed by atoms with Crippen LogP contribution in [0.1, 0.15) is 31.2 Å². The van der Waals surface area contributed by atoms with Crippen molar-refractivity contribution < 1.29 is 18.5 Å². The number of carbonyl (C=O) groups excluding carboxylic acids is 1. The molecule has 2 N–H and O–H groups in total. The number of amides is 2. The van der Waals surface area contributed by atoms with E-state index >= 15 is 0 Å². The van der Waals surface area contributed by atoms with Crippen molar-refractivity contribution in [3.63, 3.8) is 0 Å². The molecule has 4 aromatic rings. The van der Waals surface area contributed by atoms with Crippen molar-refractivity contribution in [1.29, 1.82) is 0 Å². The van der Waals surface area contributed by atoms with Gasteiger partial charge in [0.25, 0.3) is 0 Å². The molecule has 0 spiro atoms. The molecule has 4 rings (SSSR count). The van der Waals surface area contributed by atoms with Gasteiger partial charge in [0, 0.05) is 11.4 Å². The van der Waals surface area contributed by atoms with Gasteiger partial charge in [-0.1, -0.05) is 36.7 Å². The summed E-state index contributed by atoms with van der Waals surface area (Å²) in [6, 6.07) is 17.9. The van der Waals surface area contributed by atoms with Gasteiger partial charge in [0.2, 0.25) is 11.7 Å². The van der Waals surface area contributed by atoms with Crippen molar-refractivity contribution in [3.05, 3.63) is 78.4 Å². The molecule has 0 unspecified atom stereocenters. The minimum absolute atomic E-state index is 0.348. The van der Waals surface area contributed by atoms with Gasteiger partial charge in [-0.05, 0) is 54.4 Å². The molecule has 0 fully saturated rings. The number of nitrogens with one attached hydrogen (secondary N) is 2. The molecule has 32 heavy (non-hydrogen) atoms. The number of hydrogen-bond acceptors (Lipinski definition) is 6. The van der Waals surface area contributed by atoms with Crippen LogP contribution in [0, 0.1) is 0 Å². The predicted molar refractivity (Wildman–Crippen MR) is 121 cm³/mol. The number of carbonyl (C=O) groups is 1. The fraction of sp³-hybridized carbons (Fsp3) is 0.208. The third-order valence-electron chi connectivity index (χ3n) is 4.70. The highest BCUT2D eigenvalue weighted by molar-refractivity contribution is 6.00. The summed E-state index contributed by atoms with van der Waals surface area (Å²) in [5.41, 5.74) is 2.17. The highest BCUT2D eigenvalue weighted by Gasteiger charge is 2.14. The Bertz CT molecular complexity index is 1140. The molecule has 0 saturated carbocycles. The Labute approximate surface area is 185 Å². The number of unbranched alkanes of at least 4 members (excludes halogenated alkanes) is 1. The normalized spacial score (nSPS) is 10.7. The number of benzene rings is 2. The van der Waals surface area contributed by atoms with Crippen LogP contribution in [-0.2, 0) is 6.42 Å². The lowest BCUT2D eigenvalue weighted by Gasteiger charge is -2.11. The first-order valence-electron chi connectivity index (χ1n) is 10.5. The van der Waals surface area contributed by atoms with Gasteiger partial charge in [-0.25, -0.2) is 4.79 Å². The number of furan rings is 1. The van der Waals surface area contributed by atoms with Crippen LogP contribution in [-0.4, -0.2) is 22.8 Å². The Morgan fingerprint density at radius 3 is 2.66 bits per heavy atom. The van der Waals surface area contributed by atoms with Crippen molar-refractivity contribution in [2.75, 3.05) is 17.2 Å². The van der Waals surface area contributed by atoms with Crippen molar-refractivity contribution >= 4 is 17.4 Å². The summed E-state index contributed by atoms with van der Waals surface area (Å²) in [7, 11) is 0. The summed E-state index contributed by atoms with van der Waals surface area (Å²) < 4.78 is 16.3. The first-order chi connectivity index (χ1) is 15.7. The second kappa shape index (κ2) is 10.3. The molecule has 8 heteroatoms. The van der Waals surface area contributed by atoms with E-state index < -0.39 is 0 Å². The zero-order valence-electron chi connectivity index (χ0n) is 17.7. The van der Waals surface area contributed by atoms with Crippen LogP contribution in [0.15, 0.2) is 75.9 Å². The molecule has 2 amide bonds. The smallest absolute Gasteiger partial charge is 0.323 e. The monoisotopic (exact) mass is 432 g/mol. The number of urea groups is 1. The lowest BCUT2D eigenvalue weighted by atomic mass is 10.1. The fourth-order valence-corrected chi connectivity index (χ4v) is 3.05. The van der Waals surface area contributed by atoms with Gasteiger partial charge in [-0.2, -0.15) is 4.98 Å². The van der Waals surface area contributed by atoms with Crippen LogP contribution >= 0.6 is 0 Å². The van der Waals surface area contributed by atoms with Crippen LogP contribution in [0.3, 0.4) is 0 Å². The highest BCUT2D eigenvalue weighted by Crippen LogP contribution is 2.22. The first kappa shape index (κ1) is 21.2. The summed E-state index contributed by atoms with van der Waals surface area (Å²) in [4.78, 5) is 16.9.